The van der Waals surface area contributed by atoms with Gasteiger partial charge in [0, 0.05) is 32.5 Å². The first-order valence-electron chi connectivity index (χ1n) is 7.10. The molecule has 3 aromatic rings. The van der Waals surface area contributed by atoms with E-state index in [9.17, 15) is 0 Å². The highest BCUT2D eigenvalue weighted by molar-refractivity contribution is 5.85. The van der Waals surface area contributed by atoms with Gasteiger partial charge in [-0.3, -0.25) is 0 Å². The van der Waals surface area contributed by atoms with Crippen LogP contribution in [0.4, 0.5) is 5.82 Å². The zero-order valence-corrected chi connectivity index (χ0v) is 12.2. The van der Waals surface area contributed by atoms with Crippen molar-refractivity contribution < 1.29 is 4.74 Å². The minimum Gasteiger partial charge on any atom is -0.378 e. The molecule has 0 saturated carbocycles. The summed E-state index contributed by atoms with van der Waals surface area (Å²) in [7, 11) is 1.93. The van der Waals surface area contributed by atoms with Gasteiger partial charge in [-0.1, -0.05) is 0 Å². The molecular weight excluding hydrogens is 282 g/mol. The van der Waals surface area contributed by atoms with Crippen LogP contribution in [-0.2, 0) is 11.8 Å². The van der Waals surface area contributed by atoms with E-state index >= 15 is 0 Å². The Morgan fingerprint density at radius 2 is 1.86 bits per heavy atom. The molecule has 0 aliphatic carbocycles. The van der Waals surface area contributed by atoms with Crippen LogP contribution < -0.4 is 4.90 Å². The van der Waals surface area contributed by atoms with E-state index in [1.807, 2.05) is 11.6 Å². The molecule has 0 bridgehead atoms. The van der Waals surface area contributed by atoms with Crippen molar-refractivity contribution >= 4 is 17.0 Å². The molecule has 0 atom stereocenters. The van der Waals surface area contributed by atoms with Gasteiger partial charge in [0.25, 0.3) is 0 Å². The third-order valence-corrected chi connectivity index (χ3v) is 3.67. The highest BCUT2D eigenvalue weighted by atomic mass is 16.5. The lowest BCUT2D eigenvalue weighted by atomic mass is 10.3. The van der Waals surface area contributed by atoms with Crippen LogP contribution in [0.3, 0.4) is 0 Å². The molecular formula is C14H15N7O. The maximum atomic E-state index is 5.42. The third-order valence-electron chi connectivity index (χ3n) is 3.67. The number of imidazole rings is 1. The summed E-state index contributed by atoms with van der Waals surface area (Å²) in [5.41, 5.74) is 2.40. The number of fused-ring (bicyclic) bond motifs is 1. The lowest BCUT2D eigenvalue weighted by molar-refractivity contribution is 0.122. The maximum absolute atomic E-state index is 5.42. The summed E-state index contributed by atoms with van der Waals surface area (Å²) in [6.07, 6.45) is 6.69. The molecule has 22 heavy (non-hydrogen) atoms. The van der Waals surface area contributed by atoms with Crippen molar-refractivity contribution in [2.75, 3.05) is 31.2 Å². The van der Waals surface area contributed by atoms with Gasteiger partial charge in [0.05, 0.1) is 25.1 Å². The minimum atomic E-state index is 0.609. The van der Waals surface area contributed by atoms with E-state index in [2.05, 4.69) is 24.8 Å². The molecule has 4 rings (SSSR count). The molecule has 1 fully saturated rings. The van der Waals surface area contributed by atoms with Crippen molar-refractivity contribution in [1.29, 1.82) is 0 Å². The second-order valence-electron chi connectivity index (χ2n) is 5.13. The summed E-state index contributed by atoms with van der Waals surface area (Å²) in [6.45, 7) is 2.99. The molecule has 1 aliphatic rings. The topological polar surface area (TPSA) is 81.9 Å². The van der Waals surface area contributed by atoms with E-state index in [1.54, 1.807) is 18.7 Å². The number of hydrogen-bond acceptors (Lipinski definition) is 7. The van der Waals surface area contributed by atoms with E-state index in [-0.39, 0.29) is 0 Å². The van der Waals surface area contributed by atoms with Gasteiger partial charge in [-0.25, -0.2) is 24.9 Å². The predicted octanol–water partition coefficient (Wildman–Crippen LogP) is 0.657. The minimum absolute atomic E-state index is 0.609. The fraction of sp³-hybridized carbons (Fsp3) is 0.357. The first-order valence-corrected chi connectivity index (χ1v) is 7.10. The van der Waals surface area contributed by atoms with Gasteiger partial charge in [-0.2, -0.15) is 0 Å². The second-order valence-corrected chi connectivity index (χ2v) is 5.13. The summed E-state index contributed by atoms with van der Waals surface area (Å²) in [5.74, 6) is 1.45. The van der Waals surface area contributed by atoms with E-state index in [0.29, 0.717) is 19.0 Å². The normalized spacial score (nSPS) is 15.4. The number of nitrogens with zero attached hydrogens (tertiary/aromatic N) is 7. The number of aromatic nitrogens is 6. The molecule has 112 valence electrons. The number of rotatable bonds is 2. The Kier molecular flexibility index (Phi) is 3.15. The highest BCUT2D eigenvalue weighted by Gasteiger charge is 2.20. The van der Waals surface area contributed by atoms with Gasteiger partial charge in [0.2, 0.25) is 0 Å². The van der Waals surface area contributed by atoms with Crippen molar-refractivity contribution in [3.8, 4) is 11.4 Å². The number of morpholine rings is 1. The molecule has 0 amide bonds. The summed E-state index contributed by atoms with van der Waals surface area (Å²) < 4.78 is 7.32. The molecule has 1 saturated heterocycles. The first-order chi connectivity index (χ1) is 10.8. The van der Waals surface area contributed by atoms with Crippen LogP contribution in [0.1, 0.15) is 0 Å². The van der Waals surface area contributed by atoms with Gasteiger partial charge < -0.3 is 14.2 Å². The van der Waals surface area contributed by atoms with Crippen molar-refractivity contribution in [2.45, 2.75) is 0 Å². The number of anilines is 1. The Morgan fingerprint density at radius 1 is 1.09 bits per heavy atom. The molecule has 3 aromatic heterocycles. The van der Waals surface area contributed by atoms with Gasteiger partial charge in [-0.05, 0) is 0 Å². The van der Waals surface area contributed by atoms with E-state index in [0.717, 1.165) is 35.6 Å². The maximum Gasteiger partial charge on any atom is 0.167 e. The van der Waals surface area contributed by atoms with Gasteiger partial charge >= 0.3 is 0 Å². The molecule has 0 spiro atoms. The van der Waals surface area contributed by atoms with Crippen LogP contribution in [0.25, 0.3) is 22.6 Å². The number of ether oxygens (including phenoxy) is 1. The highest BCUT2D eigenvalue weighted by Crippen LogP contribution is 2.26. The average molecular weight is 297 g/mol. The van der Waals surface area contributed by atoms with Crippen LogP contribution in [0, 0.1) is 0 Å². The zero-order valence-electron chi connectivity index (χ0n) is 12.2. The Bertz CT molecular complexity index is 796. The Balaban J connectivity index is 1.90. The Hall–Kier alpha value is -2.61. The molecule has 8 nitrogen and oxygen atoms in total. The summed E-state index contributed by atoms with van der Waals surface area (Å²) >= 11 is 0. The van der Waals surface area contributed by atoms with E-state index in [4.69, 9.17) is 9.72 Å². The fourth-order valence-electron chi connectivity index (χ4n) is 2.53. The van der Waals surface area contributed by atoms with Crippen LogP contribution in [-0.4, -0.2) is 55.8 Å². The van der Waals surface area contributed by atoms with Gasteiger partial charge in [0.1, 0.15) is 6.33 Å². The van der Waals surface area contributed by atoms with Crippen LogP contribution in [0.5, 0.6) is 0 Å². The lowest BCUT2D eigenvalue weighted by Gasteiger charge is -2.28. The van der Waals surface area contributed by atoms with E-state index in [1.165, 1.54) is 6.33 Å². The molecule has 4 heterocycles. The largest absolute Gasteiger partial charge is 0.378 e. The first kappa shape index (κ1) is 13.1. The Morgan fingerprint density at radius 3 is 2.64 bits per heavy atom. The molecule has 8 heteroatoms. The molecule has 0 aromatic carbocycles. The summed E-state index contributed by atoms with van der Waals surface area (Å²) in [4.78, 5) is 24.1. The zero-order chi connectivity index (χ0) is 14.9. The van der Waals surface area contributed by atoms with Crippen molar-refractivity contribution in [2.24, 2.45) is 7.05 Å². The van der Waals surface area contributed by atoms with Gasteiger partial charge in [0.15, 0.2) is 22.8 Å². The quantitative estimate of drug-likeness (QED) is 0.687. The van der Waals surface area contributed by atoms with Crippen LogP contribution in [0.15, 0.2) is 25.0 Å². The number of hydrogen-bond donors (Lipinski definition) is 0. The smallest absolute Gasteiger partial charge is 0.167 e. The predicted molar refractivity (Wildman–Crippen MR) is 80.4 cm³/mol. The van der Waals surface area contributed by atoms with Gasteiger partial charge in [-0.15, -0.1) is 0 Å². The fourth-order valence-corrected chi connectivity index (χ4v) is 2.53. The average Bonchev–Trinajstić information content (AvgIpc) is 2.97. The molecule has 0 radical (unpaired) electrons. The standard InChI is InChI=1S/C14H15N7O/c1-20-9-17-11-13(20)18-12(10-6-15-8-16-7-10)19-14(11)21-2-4-22-5-3-21/h6-9H,2-5H2,1H3. The van der Waals surface area contributed by atoms with Crippen molar-refractivity contribution in [3.63, 3.8) is 0 Å². The molecule has 0 N–H and O–H groups in total. The summed E-state index contributed by atoms with van der Waals surface area (Å²) in [6, 6.07) is 0. The SMILES string of the molecule is Cn1cnc2c(N3CCOCC3)nc(-c3cncnc3)nc21. The van der Waals surface area contributed by atoms with Crippen molar-refractivity contribution in [1.82, 2.24) is 29.5 Å². The molecule has 1 aliphatic heterocycles. The molecule has 0 unspecified atom stereocenters. The monoisotopic (exact) mass is 297 g/mol. The van der Waals surface area contributed by atoms with Crippen LogP contribution in [0.2, 0.25) is 0 Å². The van der Waals surface area contributed by atoms with Crippen LogP contribution >= 0.6 is 0 Å². The number of aryl methyl sites for hydroxylation is 1. The van der Waals surface area contributed by atoms with E-state index < -0.39 is 0 Å². The lowest BCUT2D eigenvalue weighted by Crippen LogP contribution is -2.37. The third kappa shape index (κ3) is 2.17. The van der Waals surface area contributed by atoms with Crippen molar-refractivity contribution in [3.05, 3.63) is 25.0 Å². The summed E-state index contributed by atoms with van der Waals surface area (Å²) in [5, 5.41) is 0. The Labute approximate surface area is 126 Å². The second kappa shape index (κ2) is 5.30.